The quantitative estimate of drug-likeness (QED) is 0.848. The Kier molecular flexibility index (Phi) is 6.39. The minimum Gasteiger partial charge on any atom is -0.481 e. The molecule has 2 N–H and O–H groups in total. The van der Waals surface area contributed by atoms with Crippen molar-refractivity contribution < 1.29 is 14.7 Å². The van der Waals surface area contributed by atoms with Gasteiger partial charge in [0.2, 0.25) is 5.91 Å². The number of carboxylic acid groups (broad SMARTS) is 1. The second-order valence-corrected chi connectivity index (χ2v) is 7.45. The van der Waals surface area contributed by atoms with Crippen molar-refractivity contribution in [2.24, 2.45) is 0 Å². The highest BCUT2D eigenvalue weighted by Crippen LogP contribution is 2.40. The second-order valence-electron chi connectivity index (χ2n) is 4.99. The zero-order valence-electron chi connectivity index (χ0n) is 12.4. The van der Waals surface area contributed by atoms with Crippen LogP contribution in [0.1, 0.15) is 31.7 Å². The van der Waals surface area contributed by atoms with Gasteiger partial charge in [0.25, 0.3) is 0 Å². The highest BCUT2D eigenvalue weighted by molar-refractivity contribution is 8.23. The summed E-state index contributed by atoms with van der Waals surface area (Å²) in [7, 11) is 0. The van der Waals surface area contributed by atoms with E-state index in [4.69, 9.17) is 5.11 Å². The number of aliphatic carboxylic acids is 1. The van der Waals surface area contributed by atoms with E-state index in [1.165, 1.54) is 16.2 Å². The first-order valence-electron chi connectivity index (χ1n) is 7.15. The Morgan fingerprint density at radius 3 is 2.64 bits per heavy atom. The number of rotatable bonds is 5. The molecule has 118 valence electrons. The average molecular weight is 337 g/mol. The smallest absolute Gasteiger partial charge is 0.303 e. The highest BCUT2D eigenvalue weighted by Gasteiger charge is 2.12. The highest BCUT2D eigenvalue weighted by atomic mass is 32.2. The number of thioether (sulfide) groups is 2. The van der Waals surface area contributed by atoms with Crippen LogP contribution in [0.3, 0.4) is 0 Å². The van der Waals surface area contributed by atoms with Gasteiger partial charge in [0, 0.05) is 16.3 Å². The predicted molar refractivity (Wildman–Crippen MR) is 94.1 cm³/mol. The molecule has 0 aromatic heterocycles. The second kappa shape index (κ2) is 8.29. The maximum absolute atomic E-state index is 11.7. The fourth-order valence-corrected chi connectivity index (χ4v) is 4.67. The Morgan fingerprint density at radius 2 is 1.95 bits per heavy atom. The molecule has 1 aliphatic rings. The number of anilines is 1. The molecule has 0 saturated carbocycles. The Labute approximate surface area is 138 Å². The lowest BCUT2D eigenvalue weighted by Crippen LogP contribution is -2.13. The normalized spacial score (nSPS) is 14.5. The number of hydrogen-bond acceptors (Lipinski definition) is 4. The van der Waals surface area contributed by atoms with Gasteiger partial charge < -0.3 is 10.4 Å². The van der Waals surface area contributed by atoms with Gasteiger partial charge in [-0.15, -0.1) is 23.5 Å². The minimum atomic E-state index is -0.962. The number of allylic oxidation sites excluding steroid dienone is 1. The van der Waals surface area contributed by atoms with E-state index in [2.05, 4.69) is 12.2 Å². The van der Waals surface area contributed by atoms with E-state index in [-0.39, 0.29) is 18.7 Å². The molecule has 1 fully saturated rings. The van der Waals surface area contributed by atoms with E-state index in [9.17, 15) is 9.59 Å². The summed E-state index contributed by atoms with van der Waals surface area (Å²) in [6.07, 6.45) is 1.08. The van der Waals surface area contributed by atoms with Gasteiger partial charge >= 0.3 is 5.97 Å². The monoisotopic (exact) mass is 337 g/mol. The van der Waals surface area contributed by atoms with Crippen molar-refractivity contribution in [2.45, 2.75) is 26.2 Å². The first-order chi connectivity index (χ1) is 10.6. The maximum atomic E-state index is 11.7. The summed E-state index contributed by atoms with van der Waals surface area (Å²) in [4.78, 5) is 22.2. The van der Waals surface area contributed by atoms with Gasteiger partial charge in [0.05, 0.1) is 6.42 Å². The molecular formula is C16H19NO3S2. The number of carbonyl (C=O) groups excluding carboxylic acids is 1. The Hall–Kier alpha value is -1.40. The lowest BCUT2D eigenvalue weighted by atomic mass is 10.1. The van der Waals surface area contributed by atoms with Crippen LogP contribution in [-0.4, -0.2) is 28.5 Å². The third-order valence-electron chi connectivity index (χ3n) is 3.21. The molecule has 22 heavy (non-hydrogen) atoms. The van der Waals surface area contributed by atoms with E-state index in [0.29, 0.717) is 5.69 Å². The lowest BCUT2D eigenvalue weighted by molar-refractivity contribution is -0.138. The molecular weight excluding hydrogens is 318 g/mol. The topological polar surface area (TPSA) is 66.4 Å². The van der Waals surface area contributed by atoms with Crippen molar-refractivity contribution in [1.29, 1.82) is 0 Å². The molecule has 1 saturated heterocycles. The van der Waals surface area contributed by atoms with Crippen molar-refractivity contribution in [3.63, 3.8) is 0 Å². The Morgan fingerprint density at radius 1 is 1.23 bits per heavy atom. The summed E-state index contributed by atoms with van der Waals surface area (Å²) < 4.78 is 1.35. The van der Waals surface area contributed by atoms with Crippen LogP contribution in [0, 0.1) is 0 Å². The van der Waals surface area contributed by atoms with Crippen LogP contribution in [0.5, 0.6) is 0 Å². The minimum absolute atomic E-state index is 0.00860. The van der Waals surface area contributed by atoms with Crippen molar-refractivity contribution >= 4 is 46.7 Å². The number of amides is 1. The van der Waals surface area contributed by atoms with E-state index < -0.39 is 5.97 Å². The fourth-order valence-electron chi connectivity index (χ4n) is 2.04. The molecule has 6 heteroatoms. The number of benzene rings is 1. The fraction of sp³-hybridized carbons (Fsp3) is 0.375. The molecule has 1 amide bonds. The van der Waals surface area contributed by atoms with Crippen LogP contribution in [0.15, 0.2) is 28.5 Å². The van der Waals surface area contributed by atoms with Crippen LogP contribution in [-0.2, 0) is 9.59 Å². The van der Waals surface area contributed by atoms with Crippen molar-refractivity contribution in [3.05, 3.63) is 34.1 Å². The van der Waals surface area contributed by atoms with Crippen LogP contribution in [0.2, 0.25) is 0 Å². The third-order valence-corrected chi connectivity index (χ3v) is 6.04. The van der Waals surface area contributed by atoms with E-state index >= 15 is 0 Å². The summed E-state index contributed by atoms with van der Waals surface area (Å²) in [6.45, 7) is 2.10. The van der Waals surface area contributed by atoms with Crippen LogP contribution in [0.4, 0.5) is 5.69 Å². The Balaban J connectivity index is 2.06. The van der Waals surface area contributed by atoms with Crippen LogP contribution in [0.25, 0.3) is 5.57 Å². The molecule has 1 aliphatic heterocycles. The van der Waals surface area contributed by atoms with Crippen LogP contribution < -0.4 is 5.32 Å². The molecule has 1 aromatic carbocycles. The molecule has 1 aromatic rings. The number of nitrogens with one attached hydrogen (secondary N) is 1. The van der Waals surface area contributed by atoms with Crippen molar-refractivity contribution in [1.82, 2.24) is 0 Å². The number of carboxylic acids is 1. The summed E-state index contributed by atoms with van der Waals surface area (Å²) in [5.74, 6) is 1.08. The summed E-state index contributed by atoms with van der Waals surface area (Å²) in [6, 6.07) is 7.70. The van der Waals surface area contributed by atoms with E-state index in [1.54, 1.807) is 0 Å². The molecule has 4 nitrogen and oxygen atoms in total. The first kappa shape index (κ1) is 17.0. The maximum Gasteiger partial charge on any atom is 0.303 e. The Bertz CT molecular complexity index is 591. The van der Waals surface area contributed by atoms with Gasteiger partial charge in [0.15, 0.2) is 0 Å². The molecule has 0 unspecified atom stereocenters. The van der Waals surface area contributed by atoms with Gasteiger partial charge in [-0.25, -0.2) is 0 Å². The predicted octanol–water partition coefficient (Wildman–Crippen LogP) is 4.05. The molecule has 2 rings (SSSR count). The largest absolute Gasteiger partial charge is 0.481 e. The van der Waals surface area contributed by atoms with Gasteiger partial charge in [0.1, 0.15) is 0 Å². The van der Waals surface area contributed by atoms with Gasteiger partial charge in [-0.05, 0) is 48.1 Å². The van der Waals surface area contributed by atoms with E-state index in [0.717, 1.165) is 17.1 Å². The molecule has 0 aliphatic carbocycles. The average Bonchev–Trinajstić information content (AvgIpc) is 2.53. The van der Waals surface area contributed by atoms with Gasteiger partial charge in [-0.3, -0.25) is 9.59 Å². The lowest BCUT2D eigenvalue weighted by Gasteiger charge is -2.16. The van der Waals surface area contributed by atoms with Crippen molar-refractivity contribution in [2.75, 3.05) is 16.8 Å². The third kappa shape index (κ3) is 5.10. The molecule has 0 atom stereocenters. The van der Waals surface area contributed by atoms with Crippen molar-refractivity contribution in [3.8, 4) is 0 Å². The summed E-state index contributed by atoms with van der Waals surface area (Å²) in [5.41, 5.74) is 3.03. The SMILES string of the molecule is CC(=C1SCCCS1)c1cccc(NC(=O)CCC(=O)O)c1. The van der Waals surface area contributed by atoms with Gasteiger partial charge in [-0.1, -0.05) is 12.1 Å². The van der Waals surface area contributed by atoms with E-state index in [1.807, 2.05) is 47.8 Å². The molecule has 0 spiro atoms. The summed E-state index contributed by atoms with van der Waals surface area (Å²) in [5, 5.41) is 11.4. The zero-order chi connectivity index (χ0) is 15.9. The first-order valence-corrected chi connectivity index (χ1v) is 9.12. The standard InChI is InChI=1S/C16H19NO3S2/c1-11(16-21-8-3-9-22-16)12-4-2-5-13(10-12)17-14(18)6-7-15(19)20/h2,4-5,10H,3,6-9H2,1H3,(H,17,18)(H,19,20). The summed E-state index contributed by atoms with van der Waals surface area (Å²) >= 11 is 3.77. The molecule has 0 bridgehead atoms. The number of carbonyl (C=O) groups is 2. The number of hydrogen-bond donors (Lipinski definition) is 2. The molecule has 1 heterocycles. The zero-order valence-corrected chi connectivity index (χ0v) is 14.1. The van der Waals surface area contributed by atoms with Crippen LogP contribution >= 0.6 is 23.5 Å². The van der Waals surface area contributed by atoms with Gasteiger partial charge in [-0.2, -0.15) is 0 Å². The molecule has 0 radical (unpaired) electrons.